The van der Waals surface area contributed by atoms with E-state index >= 15 is 0 Å². The molecule has 2 rings (SSSR count). The lowest BCUT2D eigenvalue weighted by Crippen LogP contribution is -2.26. The van der Waals surface area contributed by atoms with Crippen molar-refractivity contribution in [1.82, 2.24) is 9.88 Å². The molecule has 136 valence electrons. The Kier molecular flexibility index (Phi) is 5.52. The molecule has 0 bridgehead atoms. The second kappa shape index (κ2) is 7.12. The van der Waals surface area contributed by atoms with E-state index < -0.39 is 17.8 Å². The highest BCUT2D eigenvalue weighted by Crippen LogP contribution is 2.41. The Labute approximate surface area is 149 Å². The van der Waals surface area contributed by atoms with Crippen LogP contribution in [0, 0.1) is 12.8 Å². The number of rotatable bonds is 4. The van der Waals surface area contributed by atoms with Gasteiger partial charge in [-0.2, -0.15) is 13.2 Å². The maximum atomic E-state index is 13.7. The van der Waals surface area contributed by atoms with Crippen LogP contribution >= 0.6 is 11.6 Å². The fourth-order valence-corrected chi connectivity index (χ4v) is 3.11. The van der Waals surface area contributed by atoms with E-state index in [0.717, 1.165) is 4.57 Å². The van der Waals surface area contributed by atoms with E-state index in [1.807, 2.05) is 13.8 Å². The monoisotopic (exact) mass is 372 g/mol. The van der Waals surface area contributed by atoms with Crippen LogP contribution in [0.4, 0.5) is 13.2 Å². The molecule has 1 amide bonds. The molecule has 0 spiro atoms. The van der Waals surface area contributed by atoms with Gasteiger partial charge >= 0.3 is 6.18 Å². The van der Waals surface area contributed by atoms with Crippen molar-refractivity contribution in [2.45, 2.75) is 33.5 Å². The van der Waals surface area contributed by atoms with Gasteiger partial charge in [0.05, 0.1) is 0 Å². The summed E-state index contributed by atoms with van der Waals surface area (Å²) in [6.45, 7) is 5.11. The molecule has 7 heteroatoms. The summed E-state index contributed by atoms with van der Waals surface area (Å²) < 4.78 is 42.3. The lowest BCUT2D eigenvalue weighted by molar-refractivity contribution is -0.144. The molecule has 1 aromatic heterocycles. The number of aromatic nitrogens is 1. The molecule has 0 fully saturated rings. The van der Waals surface area contributed by atoms with Gasteiger partial charge in [-0.05, 0) is 36.1 Å². The van der Waals surface area contributed by atoms with Crippen LogP contribution in [-0.2, 0) is 12.7 Å². The first kappa shape index (κ1) is 19.4. The van der Waals surface area contributed by atoms with Gasteiger partial charge < -0.3 is 9.88 Å². The van der Waals surface area contributed by atoms with Gasteiger partial charge in [-0.3, -0.25) is 4.79 Å². The van der Waals surface area contributed by atoms with E-state index in [2.05, 4.69) is 5.32 Å². The third-order valence-electron chi connectivity index (χ3n) is 3.90. The minimum atomic E-state index is -4.56. The van der Waals surface area contributed by atoms with Gasteiger partial charge in [0.25, 0.3) is 5.91 Å². The van der Waals surface area contributed by atoms with Crippen LogP contribution in [0.25, 0.3) is 11.1 Å². The lowest BCUT2D eigenvalue weighted by Gasteiger charge is -2.17. The first-order chi connectivity index (χ1) is 11.6. The predicted molar refractivity (Wildman–Crippen MR) is 92.8 cm³/mol. The number of halogens is 4. The van der Waals surface area contributed by atoms with E-state index in [9.17, 15) is 18.0 Å². The third-order valence-corrected chi connectivity index (χ3v) is 4.15. The quantitative estimate of drug-likeness (QED) is 0.791. The zero-order chi connectivity index (χ0) is 18.9. The Hall–Kier alpha value is -1.95. The summed E-state index contributed by atoms with van der Waals surface area (Å²) in [5.74, 6) is -0.612. The van der Waals surface area contributed by atoms with Crippen LogP contribution < -0.4 is 5.32 Å². The van der Waals surface area contributed by atoms with Gasteiger partial charge in [-0.15, -0.1) is 0 Å². The molecule has 0 radical (unpaired) electrons. The average Bonchev–Trinajstić information content (AvgIpc) is 2.79. The summed E-state index contributed by atoms with van der Waals surface area (Å²) in [4.78, 5) is 12.4. The van der Waals surface area contributed by atoms with Crippen LogP contribution in [0.3, 0.4) is 0 Å². The first-order valence-corrected chi connectivity index (χ1v) is 8.24. The summed E-state index contributed by atoms with van der Waals surface area (Å²) in [6.07, 6.45) is -4.56. The molecule has 0 saturated heterocycles. The van der Waals surface area contributed by atoms with Crippen LogP contribution in [0.15, 0.2) is 24.3 Å². The van der Waals surface area contributed by atoms with Crippen molar-refractivity contribution in [3.8, 4) is 11.1 Å². The van der Waals surface area contributed by atoms with Gasteiger partial charge in [0.2, 0.25) is 0 Å². The van der Waals surface area contributed by atoms with Crippen molar-refractivity contribution in [1.29, 1.82) is 0 Å². The Morgan fingerprint density at radius 1 is 1.24 bits per heavy atom. The van der Waals surface area contributed by atoms with Crippen molar-refractivity contribution < 1.29 is 18.0 Å². The fourth-order valence-electron chi connectivity index (χ4n) is 2.98. The van der Waals surface area contributed by atoms with Crippen molar-refractivity contribution in [2.24, 2.45) is 5.92 Å². The van der Waals surface area contributed by atoms with Gasteiger partial charge in [0.1, 0.15) is 11.4 Å². The standard InChI is InChI=1S/C18H20ClF3N2O/c1-10(2)9-24-15(17(25)23-4)14(11(3)16(24)18(20,21)22)12-5-7-13(19)8-6-12/h5-8,10H,9H2,1-4H3,(H,23,25). The molecule has 0 aliphatic heterocycles. The number of carbonyl (C=O) groups excluding carboxylic acids is 1. The zero-order valence-corrected chi connectivity index (χ0v) is 15.2. The summed E-state index contributed by atoms with van der Waals surface area (Å²) in [6, 6.07) is 6.43. The molecule has 0 saturated carbocycles. The van der Waals surface area contributed by atoms with Crippen molar-refractivity contribution >= 4 is 17.5 Å². The Bertz CT molecular complexity index is 777. The van der Waals surface area contributed by atoms with Crippen molar-refractivity contribution in [3.63, 3.8) is 0 Å². The fraction of sp³-hybridized carbons (Fsp3) is 0.389. The highest BCUT2D eigenvalue weighted by Gasteiger charge is 2.41. The van der Waals surface area contributed by atoms with Crippen LogP contribution in [-0.4, -0.2) is 17.5 Å². The summed E-state index contributed by atoms with van der Waals surface area (Å²) in [7, 11) is 1.41. The molecule has 0 aliphatic rings. The third kappa shape index (κ3) is 3.84. The van der Waals surface area contributed by atoms with E-state index in [1.165, 1.54) is 14.0 Å². The van der Waals surface area contributed by atoms with Crippen molar-refractivity contribution in [2.75, 3.05) is 7.05 Å². The molecule has 0 aliphatic carbocycles. The topological polar surface area (TPSA) is 34.0 Å². The minimum absolute atomic E-state index is 0.0170. The first-order valence-electron chi connectivity index (χ1n) is 7.86. The normalized spacial score (nSPS) is 11.9. The number of nitrogens with zero attached hydrogens (tertiary/aromatic N) is 1. The molecule has 2 aromatic rings. The molecule has 1 heterocycles. The second-order valence-corrected chi connectivity index (χ2v) is 6.72. The molecule has 25 heavy (non-hydrogen) atoms. The second-order valence-electron chi connectivity index (χ2n) is 6.29. The van der Waals surface area contributed by atoms with Crippen LogP contribution in [0.5, 0.6) is 0 Å². The number of carbonyl (C=O) groups is 1. The number of benzene rings is 1. The molecular weight excluding hydrogens is 353 g/mol. The van der Waals surface area contributed by atoms with E-state index in [4.69, 9.17) is 11.6 Å². The number of hydrogen-bond acceptors (Lipinski definition) is 1. The summed E-state index contributed by atoms with van der Waals surface area (Å²) in [5, 5.41) is 2.93. The molecule has 1 N–H and O–H groups in total. The highest BCUT2D eigenvalue weighted by molar-refractivity contribution is 6.30. The van der Waals surface area contributed by atoms with Crippen LogP contribution in [0.1, 0.15) is 35.6 Å². The molecule has 0 unspecified atom stereocenters. The minimum Gasteiger partial charge on any atom is -0.354 e. The summed E-state index contributed by atoms with van der Waals surface area (Å²) in [5.41, 5.74) is 0.0691. The van der Waals surface area contributed by atoms with Gasteiger partial charge in [0, 0.05) is 24.2 Å². The molecular formula is C18H20ClF3N2O. The molecule has 3 nitrogen and oxygen atoms in total. The zero-order valence-electron chi connectivity index (χ0n) is 14.5. The Balaban J connectivity index is 2.88. The Morgan fingerprint density at radius 2 is 1.80 bits per heavy atom. The number of amides is 1. The maximum absolute atomic E-state index is 13.7. The largest absolute Gasteiger partial charge is 0.431 e. The summed E-state index contributed by atoms with van der Waals surface area (Å²) >= 11 is 5.88. The highest BCUT2D eigenvalue weighted by atomic mass is 35.5. The lowest BCUT2D eigenvalue weighted by atomic mass is 10.0. The maximum Gasteiger partial charge on any atom is 0.431 e. The van der Waals surface area contributed by atoms with Crippen molar-refractivity contribution in [3.05, 3.63) is 46.2 Å². The van der Waals surface area contributed by atoms with E-state index in [1.54, 1.807) is 24.3 Å². The van der Waals surface area contributed by atoms with Gasteiger partial charge in [-0.25, -0.2) is 0 Å². The Morgan fingerprint density at radius 3 is 2.24 bits per heavy atom. The molecule has 0 atom stereocenters. The van der Waals surface area contributed by atoms with Gasteiger partial charge in [0.15, 0.2) is 0 Å². The number of alkyl halides is 3. The smallest absolute Gasteiger partial charge is 0.354 e. The number of nitrogens with one attached hydrogen (secondary N) is 1. The molecule has 1 aromatic carbocycles. The average molecular weight is 373 g/mol. The van der Waals surface area contributed by atoms with Gasteiger partial charge in [-0.1, -0.05) is 37.6 Å². The number of hydrogen-bond donors (Lipinski definition) is 1. The predicted octanol–water partition coefficient (Wildman–Crippen LogP) is 5.15. The van der Waals surface area contributed by atoms with E-state index in [-0.39, 0.29) is 29.3 Å². The van der Waals surface area contributed by atoms with Crippen LogP contribution in [0.2, 0.25) is 5.02 Å². The SMILES string of the molecule is CNC(=O)c1c(-c2ccc(Cl)cc2)c(C)c(C(F)(F)F)n1CC(C)C. The van der Waals surface area contributed by atoms with E-state index in [0.29, 0.717) is 10.6 Å².